The number of aryl methyl sites for hydroxylation is 1. The molecule has 0 heterocycles. The molecule has 0 unspecified atom stereocenters. The topological polar surface area (TPSA) is 75.3 Å². The molecule has 0 radical (unpaired) electrons. The number of sulfonamides is 1. The lowest BCUT2D eigenvalue weighted by atomic mass is 10.1. The van der Waals surface area contributed by atoms with Gasteiger partial charge in [-0.2, -0.15) is 0 Å². The van der Waals surface area contributed by atoms with Gasteiger partial charge in [-0.25, -0.2) is 13.1 Å². The Morgan fingerprint density at radius 1 is 1.08 bits per heavy atom. The standard InChI is InChI=1S/C20H26N2O3S/c1-15(2)11-12-21-20(23)18-5-4-6-19(13-18)26(24,25)22-14-17-9-7-16(3)8-10-17/h4-10,13,15,22H,11-12,14H2,1-3H3,(H,21,23). The summed E-state index contributed by atoms with van der Waals surface area (Å²) in [5.41, 5.74) is 2.33. The molecular formula is C20H26N2O3S. The van der Waals surface area contributed by atoms with Gasteiger partial charge in [0.05, 0.1) is 4.90 Å². The van der Waals surface area contributed by atoms with E-state index in [0.717, 1.165) is 17.5 Å². The SMILES string of the molecule is Cc1ccc(CNS(=O)(=O)c2cccc(C(=O)NCCC(C)C)c2)cc1. The van der Waals surface area contributed by atoms with Gasteiger partial charge in [-0.3, -0.25) is 4.79 Å². The van der Waals surface area contributed by atoms with E-state index in [0.29, 0.717) is 18.0 Å². The molecule has 0 spiro atoms. The third kappa shape index (κ3) is 5.97. The Morgan fingerprint density at radius 3 is 2.42 bits per heavy atom. The first kappa shape index (κ1) is 20.1. The van der Waals surface area contributed by atoms with Gasteiger partial charge in [0.1, 0.15) is 0 Å². The molecule has 0 saturated heterocycles. The Balaban J connectivity index is 2.04. The van der Waals surface area contributed by atoms with Crippen molar-refractivity contribution in [1.82, 2.24) is 10.0 Å². The lowest BCUT2D eigenvalue weighted by Crippen LogP contribution is -2.26. The summed E-state index contributed by atoms with van der Waals surface area (Å²) in [5.74, 6) is 0.231. The van der Waals surface area contributed by atoms with Gasteiger partial charge in [-0.15, -0.1) is 0 Å². The largest absolute Gasteiger partial charge is 0.352 e. The van der Waals surface area contributed by atoms with Crippen LogP contribution in [0.2, 0.25) is 0 Å². The van der Waals surface area contributed by atoms with Crippen molar-refractivity contribution >= 4 is 15.9 Å². The predicted molar refractivity (Wildman–Crippen MR) is 103 cm³/mol. The normalized spacial score (nSPS) is 11.5. The molecule has 0 aliphatic rings. The monoisotopic (exact) mass is 374 g/mol. The van der Waals surface area contributed by atoms with E-state index in [1.807, 2.05) is 31.2 Å². The summed E-state index contributed by atoms with van der Waals surface area (Å²) in [5, 5.41) is 2.82. The smallest absolute Gasteiger partial charge is 0.251 e. The molecule has 1 amide bonds. The van der Waals surface area contributed by atoms with Gasteiger partial charge in [-0.05, 0) is 43.0 Å². The number of carbonyl (C=O) groups is 1. The second-order valence-electron chi connectivity index (χ2n) is 6.78. The summed E-state index contributed by atoms with van der Waals surface area (Å²) in [4.78, 5) is 12.3. The first-order valence-electron chi connectivity index (χ1n) is 8.71. The van der Waals surface area contributed by atoms with Gasteiger partial charge >= 0.3 is 0 Å². The lowest BCUT2D eigenvalue weighted by molar-refractivity contribution is 0.0952. The maximum Gasteiger partial charge on any atom is 0.251 e. The summed E-state index contributed by atoms with van der Waals surface area (Å²) in [7, 11) is -3.69. The third-order valence-corrected chi connectivity index (χ3v) is 5.40. The van der Waals surface area contributed by atoms with Crippen molar-refractivity contribution < 1.29 is 13.2 Å². The van der Waals surface area contributed by atoms with Crippen LogP contribution in [0.15, 0.2) is 53.4 Å². The van der Waals surface area contributed by atoms with Crippen LogP contribution in [0.3, 0.4) is 0 Å². The maximum atomic E-state index is 12.5. The highest BCUT2D eigenvalue weighted by Crippen LogP contribution is 2.13. The Labute approximate surface area is 155 Å². The Kier molecular flexibility index (Phi) is 6.94. The predicted octanol–water partition coefficient (Wildman–Crippen LogP) is 3.25. The highest BCUT2D eigenvalue weighted by atomic mass is 32.2. The zero-order chi connectivity index (χ0) is 19.2. The van der Waals surface area contributed by atoms with Crippen molar-refractivity contribution in [2.45, 2.75) is 38.6 Å². The molecule has 0 aromatic heterocycles. The van der Waals surface area contributed by atoms with E-state index < -0.39 is 10.0 Å². The molecule has 2 aromatic rings. The van der Waals surface area contributed by atoms with Crippen molar-refractivity contribution in [2.24, 2.45) is 5.92 Å². The van der Waals surface area contributed by atoms with Crippen LogP contribution in [-0.2, 0) is 16.6 Å². The minimum Gasteiger partial charge on any atom is -0.352 e. The fraction of sp³-hybridized carbons (Fsp3) is 0.350. The molecule has 5 nitrogen and oxygen atoms in total. The Hall–Kier alpha value is -2.18. The van der Waals surface area contributed by atoms with Crippen molar-refractivity contribution in [2.75, 3.05) is 6.54 Å². The van der Waals surface area contributed by atoms with E-state index >= 15 is 0 Å². The average Bonchev–Trinajstić information content (AvgIpc) is 2.61. The summed E-state index contributed by atoms with van der Waals surface area (Å²) in [6.45, 7) is 6.91. The number of benzene rings is 2. The molecule has 26 heavy (non-hydrogen) atoms. The number of nitrogens with one attached hydrogen (secondary N) is 2. The van der Waals surface area contributed by atoms with E-state index in [-0.39, 0.29) is 17.3 Å². The molecule has 2 aromatic carbocycles. The van der Waals surface area contributed by atoms with Crippen LogP contribution < -0.4 is 10.0 Å². The first-order chi connectivity index (χ1) is 12.3. The van der Waals surface area contributed by atoms with E-state index in [4.69, 9.17) is 0 Å². The Morgan fingerprint density at radius 2 is 1.77 bits per heavy atom. The molecule has 0 fully saturated rings. The van der Waals surface area contributed by atoms with E-state index in [2.05, 4.69) is 23.9 Å². The highest BCUT2D eigenvalue weighted by molar-refractivity contribution is 7.89. The van der Waals surface area contributed by atoms with Gasteiger partial charge in [0.25, 0.3) is 5.91 Å². The number of hydrogen-bond acceptors (Lipinski definition) is 3. The van der Waals surface area contributed by atoms with Gasteiger partial charge in [-0.1, -0.05) is 49.7 Å². The first-order valence-corrected chi connectivity index (χ1v) is 10.2. The van der Waals surface area contributed by atoms with Crippen LogP contribution in [0.5, 0.6) is 0 Å². The number of carbonyl (C=O) groups excluding carboxylic acids is 1. The summed E-state index contributed by atoms with van der Waals surface area (Å²) in [6.07, 6.45) is 0.877. The summed E-state index contributed by atoms with van der Waals surface area (Å²) < 4.78 is 27.6. The number of rotatable bonds is 8. The van der Waals surface area contributed by atoms with Crippen LogP contribution in [-0.4, -0.2) is 20.9 Å². The summed E-state index contributed by atoms with van der Waals surface area (Å²) >= 11 is 0. The molecular weight excluding hydrogens is 348 g/mol. The highest BCUT2D eigenvalue weighted by Gasteiger charge is 2.16. The molecule has 0 atom stereocenters. The van der Waals surface area contributed by atoms with Crippen LogP contribution in [0.25, 0.3) is 0 Å². The Bertz CT molecular complexity index is 844. The minimum atomic E-state index is -3.69. The quantitative estimate of drug-likeness (QED) is 0.745. The zero-order valence-corrected chi connectivity index (χ0v) is 16.3. The van der Waals surface area contributed by atoms with E-state index in [1.165, 1.54) is 12.1 Å². The van der Waals surface area contributed by atoms with Gasteiger partial charge in [0.2, 0.25) is 10.0 Å². The third-order valence-electron chi connectivity index (χ3n) is 4.00. The van der Waals surface area contributed by atoms with Crippen molar-refractivity contribution in [3.63, 3.8) is 0 Å². The second-order valence-corrected chi connectivity index (χ2v) is 8.54. The van der Waals surface area contributed by atoms with E-state index in [1.54, 1.807) is 12.1 Å². The fourth-order valence-corrected chi connectivity index (χ4v) is 3.41. The van der Waals surface area contributed by atoms with Crippen LogP contribution in [0, 0.1) is 12.8 Å². The molecule has 0 saturated carbocycles. The van der Waals surface area contributed by atoms with Gasteiger partial charge < -0.3 is 5.32 Å². The number of amides is 1. The van der Waals surface area contributed by atoms with Crippen molar-refractivity contribution in [1.29, 1.82) is 0 Å². The summed E-state index contributed by atoms with van der Waals surface area (Å²) in [6, 6.07) is 13.7. The molecule has 0 aliphatic carbocycles. The van der Waals surface area contributed by atoms with Gasteiger partial charge in [0.15, 0.2) is 0 Å². The average molecular weight is 375 g/mol. The van der Waals surface area contributed by atoms with Crippen LogP contribution in [0.4, 0.5) is 0 Å². The van der Waals surface area contributed by atoms with Crippen molar-refractivity contribution in [3.05, 3.63) is 65.2 Å². The molecule has 140 valence electrons. The fourth-order valence-electron chi connectivity index (χ4n) is 2.35. The molecule has 0 aliphatic heterocycles. The minimum absolute atomic E-state index is 0.0844. The number of hydrogen-bond donors (Lipinski definition) is 2. The van der Waals surface area contributed by atoms with Crippen LogP contribution in [0.1, 0.15) is 41.8 Å². The second kappa shape index (κ2) is 8.96. The molecule has 2 rings (SSSR count). The molecule has 6 heteroatoms. The zero-order valence-electron chi connectivity index (χ0n) is 15.5. The maximum absolute atomic E-state index is 12.5. The van der Waals surface area contributed by atoms with Gasteiger partial charge in [0, 0.05) is 18.7 Å². The van der Waals surface area contributed by atoms with Crippen molar-refractivity contribution in [3.8, 4) is 0 Å². The molecule has 0 bridgehead atoms. The lowest BCUT2D eigenvalue weighted by Gasteiger charge is -2.10. The molecule has 2 N–H and O–H groups in total. The van der Waals surface area contributed by atoms with Crippen LogP contribution >= 0.6 is 0 Å². The van der Waals surface area contributed by atoms with E-state index in [9.17, 15) is 13.2 Å².